The minimum absolute atomic E-state index is 0.0264. The molecule has 88 valence electrons. The van der Waals surface area contributed by atoms with Crippen LogP contribution in [0, 0.1) is 17.2 Å². The minimum atomic E-state index is -0.0661. The molecule has 0 spiro atoms. The number of hydrogen-bond acceptors (Lipinski definition) is 5. The van der Waals surface area contributed by atoms with E-state index in [9.17, 15) is 5.11 Å². The van der Waals surface area contributed by atoms with Gasteiger partial charge in [-0.3, -0.25) is 0 Å². The first kappa shape index (κ1) is 13.2. The van der Waals surface area contributed by atoms with Gasteiger partial charge in [-0.15, -0.1) is 0 Å². The van der Waals surface area contributed by atoms with Gasteiger partial charge in [0.05, 0.1) is 12.6 Å². The molecule has 1 rings (SSSR count). The normalized spacial score (nSPS) is 12.5. The summed E-state index contributed by atoms with van der Waals surface area (Å²) < 4.78 is 3.89. The zero-order valence-electron chi connectivity index (χ0n) is 9.20. The van der Waals surface area contributed by atoms with Crippen molar-refractivity contribution in [3.63, 3.8) is 0 Å². The Labute approximate surface area is 104 Å². The molecule has 0 aromatic carbocycles. The molecule has 0 bridgehead atoms. The average Bonchev–Trinajstić information content (AvgIpc) is 2.57. The molecule has 0 amide bonds. The fourth-order valence-corrected chi connectivity index (χ4v) is 2.41. The molecule has 1 aromatic heterocycles. The number of aliphatic hydroxyl groups excluding tert-OH is 1. The molecular weight excluding hydrogens is 246 g/mol. The van der Waals surface area contributed by atoms with Crippen LogP contribution in [0.4, 0.5) is 5.00 Å². The molecule has 2 N–H and O–H groups in total. The second-order valence-corrected chi connectivity index (χ2v) is 5.07. The number of hydrogen-bond donors (Lipinski definition) is 2. The standard InChI is InChI=1S/C10H14ClN3OS/c1-6(2)3-7(5-15)13-10-8(4-12)9(11)14-16-10/h6-7,13,15H,3,5H2,1-2H3/t7-/m0/s1. The highest BCUT2D eigenvalue weighted by Gasteiger charge is 2.16. The third kappa shape index (κ3) is 3.34. The van der Waals surface area contributed by atoms with E-state index in [1.807, 2.05) is 6.07 Å². The van der Waals surface area contributed by atoms with E-state index in [-0.39, 0.29) is 17.8 Å². The van der Waals surface area contributed by atoms with E-state index in [4.69, 9.17) is 16.9 Å². The van der Waals surface area contributed by atoms with Crippen molar-refractivity contribution < 1.29 is 5.11 Å². The Bertz CT molecular complexity index is 386. The van der Waals surface area contributed by atoms with Crippen LogP contribution in [0.25, 0.3) is 0 Å². The molecule has 16 heavy (non-hydrogen) atoms. The smallest absolute Gasteiger partial charge is 0.162 e. The molecule has 0 radical (unpaired) electrons. The van der Waals surface area contributed by atoms with Crippen molar-refractivity contribution in [2.75, 3.05) is 11.9 Å². The fourth-order valence-electron chi connectivity index (χ4n) is 1.40. The number of aliphatic hydroxyl groups is 1. The van der Waals surface area contributed by atoms with E-state index in [0.29, 0.717) is 16.5 Å². The Balaban J connectivity index is 2.74. The van der Waals surface area contributed by atoms with Gasteiger partial charge in [-0.05, 0) is 23.9 Å². The molecule has 0 saturated carbocycles. The Kier molecular flexibility index (Phi) is 5.00. The van der Waals surface area contributed by atoms with Crippen molar-refractivity contribution in [2.45, 2.75) is 26.3 Å². The lowest BCUT2D eigenvalue weighted by Gasteiger charge is -2.18. The van der Waals surface area contributed by atoms with E-state index in [1.165, 1.54) is 0 Å². The van der Waals surface area contributed by atoms with Crippen molar-refractivity contribution in [2.24, 2.45) is 5.92 Å². The molecule has 6 heteroatoms. The highest BCUT2D eigenvalue weighted by Crippen LogP contribution is 2.28. The molecule has 0 saturated heterocycles. The molecule has 1 heterocycles. The van der Waals surface area contributed by atoms with Crippen LogP contribution in [0.1, 0.15) is 25.8 Å². The Morgan fingerprint density at radius 3 is 2.81 bits per heavy atom. The first-order chi connectivity index (χ1) is 7.58. The molecule has 0 aliphatic rings. The van der Waals surface area contributed by atoms with Crippen LogP contribution in [-0.4, -0.2) is 22.1 Å². The summed E-state index contributed by atoms with van der Waals surface area (Å²) in [7, 11) is 0. The van der Waals surface area contributed by atoms with Gasteiger partial charge < -0.3 is 10.4 Å². The number of nitrogens with one attached hydrogen (secondary N) is 1. The largest absolute Gasteiger partial charge is 0.394 e. The summed E-state index contributed by atoms with van der Waals surface area (Å²) in [4.78, 5) is 0. The van der Waals surface area contributed by atoms with E-state index in [0.717, 1.165) is 18.0 Å². The number of rotatable bonds is 5. The summed E-state index contributed by atoms with van der Waals surface area (Å²) in [6.07, 6.45) is 0.830. The van der Waals surface area contributed by atoms with Crippen LogP contribution in [0.5, 0.6) is 0 Å². The van der Waals surface area contributed by atoms with Gasteiger partial charge in [-0.1, -0.05) is 25.4 Å². The third-order valence-corrected chi connectivity index (χ3v) is 3.23. The fraction of sp³-hybridized carbons (Fsp3) is 0.600. The molecule has 0 unspecified atom stereocenters. The summed E-state index contributed by atoms with van der Waals surface area (Å²) in [6.45, 7) is 4.18. The van der Waals surface area contributed by atoms with Crippen molar-refractivity contribution in [1.29, 1.82) is 5.26 Å². The molecule has 1 atom stereocenters. The van der Waals surface area contributed by atoms with Gasteiger partial charge in [-0.2, -0.15) is 9.64 Å². The minimum Gasteiger partial charge on any atom is -0.394 e. The SMILES string of the molecule is CC(C)C[C@@H](CO)Nc1snc(Cl)c1C#N. The van der Waals surface area contributed by atoms with Gasteiger partial charge in [0, 0.05) is 0 Å². The third-order valence-electron chi connectivity index (χ3n) is 2.07. The van der Waals surface area contributed by atoms with Gasteiger partial charge in [0.2, 0.25) is 0 Å². The van der Waals surface area contributed by atoms with Gasteiger partial charge in [0.15, 0.2) is 5.15 Å². The second-order valence-electron chi connectivity index (χ2n) is 3.94. The molecule has 0 fully saturated rings. The van der Waals surface area contributed by atoms with Gasteiger partial charge >= 0.3 is 0 Å². The predicted molar refractivity (Wildman–Crippen MR) is 65.8 cm³/mol. The van der Waals surface area contributed by atoms with Crippen LogP contribution in [0.3, 0.4) is 0 Å². The first-order valence-corrected chi connectivity index (χ1v) is 6.16. The highest BCUT2D eigenvalue weighted by molar-refractivity contribution is 7.10. The molecular formula is C10H14ClN3OS. The molecule has 1 aromatic rings. The van der Waals surface area contributed by atoms with Gasteiger partial charge in [-0.25, -0.2) is 0 Å². The van der Waals surface area contributed by atoms with E-state index in [1.54, 1.807) is 0 Å². The molecule has 0 aliphatic heterocycles. The summed E-state index contributed by atoms with van der Waals surface area (Å²) in [5.41, 5.74) is 0.355. The number of aromatic nitrogens is 1. The van der Waals surface area contributed by atoms with Crippen molar-refractivity contribution in [1.82, 2.24) is 4.37 Å². The Morgan fingerprint density at radius 1 is 1.62 bits per heavy atom. The van der Waals surface area contributed by atoms with E-state index < -0.39 is 0 Å². The van der Waals surface area contributed by atoms with Crippen molar-refractivity contribution >= 4 is 28.1 Å². The summed E-state index contributed by atoms with van der Waals surface area (Å²) in [5.74, 6) is 0.471. The topological polar surface area (TPSA) is 68.9 Å². The molecule has 4 nitrogen and oxygen atoms in total. The monoisotopic (exact) mass is 259 g/mol. The summed E-state index contributed by atoms with van der Waals surface area (Å²) >= 11 is 6.90. The quantitative estimate of drug-likeness (QED) is 0.852. The molecule has 0 aliphatic carbocycles. The van der Waals surface area contributed by atoms with Crippen LogP contribution in [0.15, 0.2) is 0 Å². The predicted octanol–water partition coefficient (Wildman–Crippen LogP) is 2.49. The zero-order valence-corrected chi connectivity index (χ0v) is 10.8. The number of nitriles is 1. The second kappa shape index (κ2) is 6.04. The number of anilines is 1. The van der Waals surface area contributed by atoms with E-state index in [2.05, 4.69) is 23.5 Å². The lowest BCUT2D eigenvalue weighted by atomic mass is 10.0. The maximum atomic E-state index is 9.21. The Morgan fingerprint density at radius 2 is 2.31 bits per heavy atom. The highest BCUT2D eigenvalue weighted by atomic mass is 35.5. The Hall–Kier alpha value is -0.830. The maximum absolute atomic E-state index is 9.21. The van der Waals surface area contributed by atoms with Crippen LogP contribution in [-0.2, 0) is 0 Å². The van der Waals surface area contributed by atoms with E-state index >= 15 is 0 Å². The van der Waals surface area contributed by atoms with Crippen molar-refractivity contribution in [3.8, 4) is 6.07 Å². The maximum Gasteiger partial charge on any atom is 0.162 e. The van der Waals surface area contributed by atoms with Crippen LogP contribution in [0.2, 0.25) is 5.15 Å². The zero-order chi connectivity index (χ0) is 12.1. The summed E-state index contributed by atoms with van der Waals surface area (Å²) in [5, 5.41) is 22.0. The number of halogens is 1. The average molecular weight is 260 g/mol. The lowest BCUT2D eigenvalue weighted by Crippen LogP contribution is -2.25. The van der Waals surface area contributed by atoms with Gasteiger partial charge in [0.25, 0.3) is 0 Å². The lowest BCUT2D eigenvalue weighted by molar-refractivity contribution is 0.259. The number of nitrogens with zero attached hydrogens (tertiary/aromatic N) is 2. The first-order valence-electron chi connectivity index (χ1n) is 5.01. The summed E-state index contributed by atoms with van der Waals surface area (Å²) in [6, 6.07) is 1.93. The van der Waals surface area contributed by atoms with Crippen molar-refractivity contribution in [3.05, 3.63) is 10.7 Å². The van der Waals surface area contributed by atoms with Crippen LogP contribution >= 0.6 is 23.1 Å². The van der Waals surface area contributed by atoms with Gasteiger partial charge in [0.1, 0.15) is 16.6 Å². The van der Waals surface area contributed by atoms with Crippen LogP contribution < -0.4 is 5.32 Å².